The summed E-state index contributed by atoms with van der Waals surface area (Å²) in [5.41, 5.74) is 2.71. The van der Waals surface area contributed by atoms with Gasteiger partial charge in [0.15, 0.2) is 0 Å². The minimum atomic E-state index is 0.196. The molecular weight excluding hydrogens is 316 g/mol. The topological polar surface area (TPSA) is 74.2 Å². The molecule has 132 valence electrons. The third-order valence-electron chi connectivity index (χ3n) is 4.80. The predicted octanol–water partition coefficient (Wildman–Crippen LogP) is 2.74. The van der Waals surface area contributed by atoms with Crippen molar-refractivity contribution in [2.75, 3.05) is 26.8 Å². The predicted molar refractivity (Wildman–Crippen MR) is 94.4 cm³/mol. The van der Waals surface area contributed by atoms with Gasteiger partial charge in [-0.15, -0.1) is 0 Å². The first-order valence-electron chi connectivity index (χ1n) is 8.54. The normalized spacial score (nSPS) is 20.6. The van der Waals surface area contributed by atoms with E-state index in [1.165, 1.54) is 0 Å². The van der Waals surface area contributed by atoms with Gasteiger partial charge in [0.2, 0.25) is 0 Å². The number of hydrogen-bond acceptors (Lipinski definition) is 5. The molecule has 2 heterocycles. The van der Waals surface area contributed by atoms with Gasteiger partial charge in [-0.1, -0.05) is 12.1 Å². The van der Waals surface area contributed by atoms with Gasteiger partial charge < -0.3 is 14.5 Å². The fourth-order valence-corrected chi connectivity index (χ4v) is 3.25. The maximum absolute atomic E-state index is 9.15. The Morgan fingerprint density at radius 3 is 2.84 bits per heavy atom. The number of H-pyrrole nitrogens is 1. The quantitative estimate of drug-likeness (QED) is 0.875. The molecule has 1 aromatic heterocycles. The first-order chi connectivity index (χ1) is 12.1. The van der Waals surface area contributed by atoms with Gasteiger partial charge in [0, 0.05) is 25.9 Å². The molecule has 0 spiro atoms. The van der Waals surface area contributed by atoms with Crippen molar-refractivity contribution in [3.8, 4) is 11.8 Å². The number of benzene rings is 1. The van der Waals surface area contributed by atoms with E-state index in [1.54, 1.807) is 13.2 Å². The second kappa shape index (κ2) is 7.68. The number of nitriles is 1. The summed E-state index contributed by atoms with van der Waals surface area (Å²) >= 11 is 0. The molecule has 0 amide bonds. The van der Waals surface area contributed by atoms with Gasteiger partial charge >= 0.3 is 0 Å². The number of aryl methyl sites for hydroxylation is 2. The van der Waals surface area contributed by atoms with Crippen molar-refractivity contribution in [2.45, 2.75) is 32.4 Å². The highest BCUT2D eigenvalue weighted by Gasteiger charge is 2.35. The van der Waals surface area contributed by atoms with E-state index in [1.807, 2.05) is 32.0 Å². The fourth-order valence-electron chi connectivity index (χ4n) is 3.25. The van der Waals surface area contributed by atoms with Gasteiger partial charge in [0.1, 0.15) is 24.3 Å². The standard InChI is InChI=1S/C19H24N4O2/c1-13-14(2)22-19(21-13)17-10-16(24-3)12-23(17)8-9-25-18-7-5-4-6-15(18)11-20/h4-7,16-17H,8-10,12H2,1-3H3,(H,21,22)/t16-,17+/m1/s1. The Morgan fingerprint density at radius 2 is 2.16 bits per heavy atom. The lowest BCUT2D eigenvalue weighted by molar-refractivity contribution is 0.105. The monoisotopic (exact) mass is 340 g/mol. The molecule has 2 atom stereocenters. The number of ether oxygens (including phenoxy) is 2. The number of aromatic nitrogens is 2. The number of nitrogens with one attached hydrogen (secondary N) is 1. The molecule has 0 aliphatic carbocycles. The largest absolute Gasteiger partial charge is 0.491 e. The van der Waals surface area contributed by atoms with Crippen LogP contribution in [-0.4, -0.2) is 47.8 Å². The lowest BCUT2D eigenvalue weighted by Crippen LogP contribution is -2.30. The zero-order chi connectivity index (χ0) is 17.8. The Bertz CT molecular complexity index is 746. The summed E-state index contributed by atoms with van der Waals surface area (Å²) in [6.07, 6.45) is 1.11. The van der Waals surface area contributed by atoms with Gasteiger partial charge in [0.05, 0.1) is 23.4 Å². The summed E-state index contributed by atoms with van der Waals surface area (Å²) in [5, 5.41) is 9.15. The highest BCUT2D eigenvalue weighted by molar-refractivity contribution is 5.42. The van der Waals surface area contributed by atoms with Crippen LogP contribution in [0.2, 0.25) is 0 Å². The fraction of sp³-hybridized carbons (Fsp3) is 0.474. The minimum Gasteiger partial charge on any atom is -0.491 e. The zero-order valence-electron chi connectivity index (χ0n) is 15.0. The Kier molecular flexibility index (Phi) is 5.37. The maximum atomic E-state index is 9.15. The molecule has 6 heteroatoms. The van der Waals surface area contributed by atoms with Gasteiger partial charge in [0.25, 0.3) is 0 Å². The molecule has 0 saturated carbocycles. The molecule has 0 radical (unpaired) electrons. The zero-order valence-corrected chi connectivity index (χ0v) is 15.0. The van der Waals surface area contributed by atoms with E-state index in [4.69, 9.17) is 14.7 Å². The van der Waals surface area contributed by atoms with E-state index in [-0.39, 0.29) is 12.1 Å². The van der Waals surface area contributed by atoms with E-state index >= 15 is 0 Å². The van der Waals surface area contributed by atoms with Crippen molar-refractivity contribution in [2.24, 2.45) is 0 Å². The molecule has 1 aromatic carbocycles. The number of likely N-dealkylation sites (tertiary alicyclic amines) is 1. The van der Waals surface area contributed by atoms with E-state index < -0.39 is 0 Å². The summed E-state index contributed by atoms with van der Waals surface area (Å²) in [6.45, 7) is 6.18. The number of aromatic amines is 1. The Balaban J connectivity index is 1.66. The number of rotatable bonds is 6. The number of hydrogen-bond donors (Lipinski definition) is 1. The summed E-state index contributed by atoms with van der Waals surface area (Å²) in [4.78, 5) is 10.4. The molecule has 0 unspecified atom stereocenters. The van der Waals surface area contributed by atoms with Crippen LogP contribution >= 0.6 is 0 Å². The average molecular weight is 340 g/mol. The minimum absolute atomic E-state index is 0.196. The second-order valence-electron chi connectivity index (χ2n) is 6.39. The molecule has 1 N–H and O–H groups in total. The second-order valence-corrected chi connectivity index (χ2v) is 6.39. The van der Waals surface area contributed by atoms with Crippen LogP contribution in [0, 0.1) is 25.2 Å². The van der Waals surface area contributed by atoms with Crippen LogP contribution in [0.15, 0.2) is 24.3 Å². The first kappa shape index (κ1) is 17.5. The molecule has 2 aromatic rings. The molecule has 6 nitrogen and oxygen atoms in total. The van der Waals surface area contributed by atoms with Crippen molar-refractivity contribution < 1.29 is 9.47 Å². The van der Waals surface area contributed by atoms with Crippen molar-refractivity contribution in [1.82, 2.24) is 14.9 Å². The SMILES string of the molecule is CO[C@@H]1C[C@@H](c2nc(C)c(C)[nH]2)N(CCOc2ccccc2C#N)C1. The molecular formula is C19H24N4O2. The molecule has 3 rings (SSSR count). The Labute approximate surface area is 148 Å². The van der Waals surface area contributed by atoms with E-state index in [0.29, 0.717) is 17.9 Å². The van der Waals surface area contributed by atoms with Crippen LogP contribution in [0.25, 0.3) is 0 Å². The van der Waals surface area contributed by atoms with Gasteiger partial charge in [-0.2, -0.15) is 5.26 Å². The highest BCUT2D eigenvalue weighted by atomic mass is 16.5. The molecule has 1 aliphatic rings. The smallest absolute Gasteiger partial charge is 0.137 e. The summed E-state index contributed by atoms with van der Waals surface area (Å²) in [7, 11) is 1.75. The van der Waals surface area contributed by atoms with Gasteiger partial charge in [-0.3, -0.25) is 4.90 Å². The van der Waals surface area contributed by atoms with E-state index in [9.17, 15) is 0 Å². The maximum Gasteiger partial charge on any atom is 0.137 e. The third kappa shape index (κ3) is 3.84. The number of nitrogens with zero attached hydrogens (tertiary/aromatic N) is 3. The molecule has 25 heavy (non-hydrogen) atoms. The van der Waals surface area contributed by atoms with Crippen LogP contribution in [0.1, 0.15) is 35.2 Å². The van der Waals surface area contributed by atoms with Crippen LogP contribution in [0.4, 0.5) is 0 Å². The van der Waals surface area contributed by atoms with Crippen molar-refractivity contribution in [3.05, 3.63) is 47.0 Å². The summed E-state index contributed by atoms with van der Waals surface area (Å²) in [5.74, 6) is 1.63. The van der Waals surface area contributed by atoms with Crippen molar-refractivity contribution >= 4 is 0 Å². The summed E-state index contributed by atoms with van der Waals surface area (Å²) < 4.78 is 11.4. The van der Waals surface area contributed by atoms with E-state index in [0.717, 1.165) is 36.7 Å². The first-order valence-corrected chi connectivity index (χ1v) is 8.54. The van der Waals surface area contributed by atoms with E-state index in [2.05, 4.69) is 20.9 Å². The van der Waals surface area contributed by atoms with Crippen LogP contribution in [0.3, 0.4) is 0 Å². The molecule has 1 fully saturated rings. The van der Waals surface area contributed by atoms with Crippen LogP contribution in [-0.2, 0) is 4.74 Å². The molecule has 1 saturated heterocycles. The Hall–Kier alpha value is -2.36. The van der Waals surface area contributed by atoms with Crippen molar-refractivity contribution in [1.29, 1.82) is 5.26 Å². The lowest BCUT2D eigenvalue weighted by atomic mass is 10.2. The lowest BCUT2D eigenvalue weighted by Gasteiger charge is -2.22. The highest BCUT2D eigenvalue weighted by Crippen LogP contribution is 2.32. The molecule has 1 aliphatic heterocycles. The third-order valence-corrected chi connectivity index (χ3v) is 4.80. The van der Waals surface area contributed by atoms with Gasteiger partial charge in [-0.05, 0) is 32.4 Å². The summed E-state index contributed by atoms with van der Waals surface area (Å²) in [6, 6.07) is 9.68. The molecule has 0 bridgehead atoms. The number of imidazole rings is 1. The number of para-hydroxylation sites is 1. The van der Waals surface area contributed by atoms with Gasteiger partial charge in [-0.25, -0.2) is 4.98 Å². The number of methoxy groups -OCH3 is 1. The average Bonchev–Trinajstić information content (AvgIpc) is 3.18. The Morgan fingerprint density at radius 1 is 1.36 bits per heavy atom. The van der Waals surface area contributed by atoms with Crippen molar-refractivity contribution in [3.63, 3.8) is 0 Å². The van der Waals surface area contributed by atoms with Crippen LogP contribution in [0.5, 0.6) is 5.75 Å². The van der Waals surface area contributed by atoms with Crippen LogP contribution < -0.4 is 4.74 Å².